The summed E-state index contributed by atoms with van der Waals surface area (Å²) in [5, 5.41) is 0. The standard InChI is InChI=1S/C36H28FNO4/c1-3-42-29-11-7-6-10-27(29)31-32(33(39)22-14-12-21(2)13-15-22)38-28-18-17-24(37)20-23(28)16-19-30(38)36(31)34(40)25-8-4-5-9-26(25)35(36)41/h4-20,30-32H,3H2,1-2H3. The van der Waals surface area contributed by atoms with Crippen LogP contribution in [-0.2, 0) is 0 Å². The van der Waals surface area contributed by atoms with Crippen LogP contribution in [0, 0.1) is 18.2 Å². The van der Waals surface area contributed by atoms with Crippen molar-refractivity contribution in [3.8, 4) is 5.75 Å². The third-order valence-corrected chi connectivity index (χ3v) is 8.92. The van der Waals surface area contributed by atoms with Crippen LogP contribution in [0.15, 0.2) is 97.1 Å². The number of carbonyl (C=O) groups is 3. The van der Waals surface area contributed by atoms with E-state index >= 15 is 0 Å². The van der Waals surface area contributed by atoms with Crippen molar-refractivity contribution in [2.45, 2.75) is 31.8 Å². The first-order valence-corrected chi connectivity index (χ1v) is 14.1. The summed E-state index contributed by atoms with van der Waals surface area (Å²) < 4.78 is 20.5. The van der Waals surface area contributed by atoms with Crippen LogP contribution < -0.4 is 9.64 Å². The topological polar surface area (TPSA) is 63.7 Å². The Labute approximate surface area is 243 Å². The largest absolute Gasteiger partial charge is 0.494 e. The molecule has 4 aromatic rings. The minimum atomic E-state index is -1.65. The van der Waals surface area contributed by atoms with Gasteiger partial charge in [-0.15, -0.1) is 0 Å². The summed E-state index contributed by atoms with van der Waals surface area (Å²) in [5.74, 6) is -1.65. The molecule has 3 aliphatic rings. The highest BCUT2D eigenvalue weighted by molar-refractivity contribution is 6.32. The Balaban J connectivity index is 1.56. The molecule has 1 spiro atoms. The second kappa shape index (κ2) is 9.62. The lowest BCUT2D eigenvalue weighted by Gasteiger charge is -2.37. The van der Waals surface area contributed by atoms with E-state index in [1.807, 2.05) is 55.1 Å². The number of ether oxygens (including phenoxy) is 1. The Bertz CT molecular complexity index is 1770. The minimum Gasteiger partial charge on any atom is -0.494 e. The van der Waals surface area contributed by atoms with Crippen molar-refractivity contribution in [1.82, 2.24) is 0 Å². The van der Waals surface area contributed by atoms with E-state index in [1.54, 1.807) is 54.6 Å². The van der Waals surface area contributed by atoms with Crippen LogP contribution in [0.3, 0.4) is 0 Å². The number of hydrogen-bond acceptors (Lipinski definition) is 5. The number of fused-ring (bicyclic) bond motifs is 5. The molecule has 0 saturated carbocycles. The number of aryl methyl sites for hydroxylation is 1. The number of anilines is 1. The molecule has 0 bridgehead atoms. The maximum absolute atomic E-state index is 14.8. The smallest absolute Gasteiger partial charge is 0.185 e. The SMILES string of the molecule is CCOc1ccccc1C1C(C(=O)c2ccc(C)cc2)N2c3ccc(F)cc3C=CC2C12C(=O)c1ccccc1C2=O. The molecular formula is C36H28FNO4. The molecule has 3 unspecified atom stereocenters. The normalized spacial score (nSPS) is 21.3. The Hall–Kier alpha value is -4.84. The summed E-state index contributed by atoms with van der Waals surface area (Å²) in [6.07, 6.45) is 3.55. The van der Waals surface area contributed by atoms with Gasteiger partial charge in [-0.3, -0.25) is 14.4 Å². The average molecular weight is 558 g/mol. The molecule has 0 N–H and O–H groups in total. The lowest BCUT2D eigenvalue weighted by atomic mass is 9.64. The van der Waals surface area contributed by atoms with E-state index in [0.29, 0.717) is 45.9 Å². The molecule has 7 rings (SSSR count). The van der Waals surface area contributed by atoms with Gasteiger partial charge >= 0.3 is 0 Å². The third-order valence-electron chi connectivity index (χ3n) is 8.92. The second-order valence-electron chi connectivity index (χ2n) is 11.1. The summed E-state index contributed by atoms with van der Waals surface area (Å²) in [6, 6.07) is 24.2. The van der Waals surface area contributed by atoms with Crippen molar-refractivity contribution in [3.63, 3.8) is 0 Å². The molecule has 2 heterocycles. The summed E-state index contributed by atoms with van der Waals surface area (Å²) in [5.41, 5.74) is 2.32. The molecule has 4 aromatic carbocycles. The molecular weight excluding hydrogens is 529 g/mol. The van der Waals surface area contributed by atoms with Crippen molar-refractivity contribution >= 4 is 29.1 Å². The zero-order valence-electron chi connectivity index (χ0n) is 23.2. The number of Topliss-reactive ketones (excluding diaryl/α,β-unsaturated/α-hetero) is 3. The van der Waals surface area contributed by atoms with E-state index in [2.05, 4.69) is 0 Å². The highest BCUT2D eigenvalue weighted by atomic mass is 19.1. The van der Waals surface area contributed by atoms with Crippen molar-refractivity contribution in [2.24, 2.45) is 5.41 Å². The Morgan fingerprint density at radius 1 is 0.905 bits per heavy atom. The monoisotopic (exact) mass is 557 g/mol. The van der Waals surface area contributed by atoms with Gasteiger partial charge in [0, 0.05) is 39.4 Å². The molecule has 0 radical (unpaired) electrons. The van der Waals surface area contributed by atoms with Gasteiger partial charge in [0.05, 0.1) is 12.6 Å². The first-order valence-electron chi connectivity index (χ1n) is 14.1. The van der Waals surface area contributed by atoms with Crippen molar-refractivity contribution < 1.29 is 23.5 Å². The summed E-state index contributed by atoms with van der Waals surface area (Å²) in [6.45, 7) is 4.18. The number of para-hydroxylation sites is 1. The number of carbonyl (C=O) groups excluding carboxylic acids is 3. The Morgan fingerprint density at radius 2 is 1.57 bits per heavy atom. The molecule has 5 nitrogen and oxygen atoms in total. The molecule has 0 aromatic heterocycles. The van der Waals surface area contributed by atoms with Gasteiger partial charge in [-0.2, -0.15) is 0 Å². The van der Waals surface area contributed by atoms with E-state index in [1.165, 1.54) is 12.1 Å². The first kappa shape index (κ1) is 26.1. The first-order chi connectivity index (χ1) is 20.4. The van der Waals surface area contributed by atoms with Gasteiger partial charge in [-0.05, 0) is 38.1 Å². The van der Waals surface area contributed by atoms with Crippen LogP contribution in [-0.4, -0.2) is 36.0 Å². The zero-order chi connectivity index (χ0) is 29.2. The molecule has 1 fully saturated rings. The minimum absolute atomic E-state index is 0.227. The second-order valence-corrected chi connectivity index (χ2v) is 11.1. The van der Waals surface area contributed by atoms with Gasteiger partial charge in [-0.25, -0.2) is 4.39 Å². The van der Waals surface area contributed by atoms with E-state index < -0.39 is 29.2 Å². The fourth-order valence-corrected chi connectivity index (χ4v) is 7.20. The molecule has 208 valence electrons. The van der Waals surface area contributed by atoms with E-state index in [9.17, 15) is 18.8 Å². The van der Waals surface area contributed by atoms with Crippen LogP contribution in [0.25, 0.3) is 6.08 Å². The van der Waals surface area contributed by atoms with Gasteiger partial charge in [0.25, 0.3) is 0 Å². The lowest BCUT2D eigenvalue weighted by Crippen LogP contribution is -2.48. The van der Waals surface area contributed by atoms with Crippen molar-refractivity contribution in [1.29, 1.82) is 0 Å². The zero-order valence-corrected chi connectivity index (χ0v) is 23.2. The van der Waals surface area contributed by atoms with Gasteiger partial charge in [-0.1, -0.05) is 84.4 Å². The maximum atomic E-state index is 14.8. The van der Waals surface area contributed by atoms with Crippen molar-refractivity contribution in [2.75, 3.05) is 11.5 Å². The fourth-order valence-electron chi connectivity index (χ4n) is 7.20. The number of ketones is 3. The van der Waals surface area contributed by atoms with Crippen LogP contribution >= 0.6 is 0 Å². The van der Waals surface area contributed by atoms with Gasteiger partial charge in [0.15, 0.2) is 17.3 Å². The van der Waals surface area contributed by atoms with Crippen molar-refractivity contribution in [3.05, 3.63) is 136 Å². The summed E-state index contributed by atoms with van der Waals surface area (Å²) in [7, 11) is 0. The molecule has 0 amide bonds. The fraction of sp³-hybridized carbons (Fsp3) is 0.194. The van der Waals surface area contributed by atoms with E-state index in [4.69, 9.17) is 4.74 Å². The van der Waals surface area contributed by atoms with Gasteiger partial charge in [0.1, 0.15) is 23.0 Å². The predicted octanol–water partition coefficient (Wildman–Crippen LogP) is 6.85. The van der Waals surface area contributed by atoms with E-state index in [0.717, 1.165) is 5.56 Å². The number of nitrogens with zero attached hydrogens (tertiary/aromatic N) is 1. The predicted molar refractivity (Wildman–Crippen MR) is 159 cm³/mol. The highest BCUT2D eigenvalue weighted by Crippen LogP contribution is 2.62. The Kier molecular flexibility index (Phi) is 5.98. The number of rotatable bonds is 5. The summed E-state index contributed by atoms with van der Waals surface area (Å²) >= 11 is 0. The molecule has 1 saturated heterocycles. The average Bonchev–Trinajstić information content (AvgIpc) is 3.43. The number of benzene rings is 4. The Morgan fingerprint density at radius 3 is 2.26 bits per heavy atom. The lowest BCUT2D eigenvalue weighted by molar-refractivity contribution is 0.0664. The quantitative estimate of drug-likeness (QED) is 0.198. The summed E-state index contributed by atoms with van der Waals surface area (Å²) in [4.78, 5) is 46.2. The number of hydrogen-bond donors (Lipinski definition) is 0. The molecule has 42 heavy (non-hydrogen) atoms. The van der Waals surface area contributed by atoms with Crippen LogP contribution in [0.2, 0.25) is 0 Å². The molecule has 2 aliphatic heterocycles. The molecule has 3 atom stereocenters. The highest BCUT2D eigenvalue weighted by Gasteiger charge is 2.71. The molecule has 6 heteroatoms. The van der Waals surface area contributed by atoms with Crippen LogP contribution in [0.5, 0.6) is 5.75 Å². The van der Waals surface area contributed by atoms with E-state index in [-0.39, 0.29) is 17.3 Å². The maximum Gasteiger partial charge on any atom is 0.185 e. The van der Waals surface area contributed by atoms with Gasteiger partial charge in [0.2, 0.25) is 0 Å². The van der Waals surface area contributed by atoms with Crippen LogP contribution in [0.1, 0.15) is 60.6 Å². The van der Waals surface area contributed by atoms with Crippen LogP contribution in [0.4, 0.5) is 10.1 Å². The van der Waals surface area contributed by atoms with Gasteiger partial charge < -0.3 is 9.64 Å². The third kappa shape index (κ3) is 3.51. The number of halogens is 1. The molecule has 1 aliphatic carbocycles.